The van der Waals surface area contributed by atoms with Crippen molar-refractivity contribution in [1.29, 1.82) is 0 Å². The number of hydrogen-bond acceptors (Lipinski definition) is 2. The lowest BCUT2D eigenvalue weighted by atomic mass is 9.98. The molecule has 0 saturated heterocycles. The summed E-state index contributed by atoms with van der Waals surface area (Å²) in [5.41, 5.74) is 0.00347. The van der Waals surface area contributed by atoms with Crippen LogP contribution in [0, 0.1) is 10.8 Å². The van der Waals surface area contributed by atoms with E-state index in [1.54, 1.807) is 0 Å². The molecule has 0 atom stereocenters. The monoisotopic (exact) mass is 130 g/mol. The van der Waals surface area contributed by atoms with E-state index in [0.29, 0.717) is 0 Å². The van der Waals surface area contributed by atoms with E-state index in [9.17, 15) is 0 Å². The smallest absolute Gasteiger partial charge is 0.0514 e. The van der Waals surface area contributed by atoms with Gasteiger partial charge in [0.25, 0.3) is 0 Å². The number of aliphatic hydroxyl groups is 2. The summed E-state index contributed by atoms with van der Waals surface area (Å²) in [7, 11) is 0. The minimum absolute atomic E-state index is 0.122. The molecule has 2 N–H and O–H groups in total. The van der Waals surface area contributed by atoms with Crippen molar-refractivity contribution >= 4 is 0 Å². The first-order valence-electron chi connectivity index (χ1n) is 3.30. The molecule has 1 aliphatic carbocycles. The Labute approximate surface area is 55.5 Å². The van der Waals surface area contributed by atoms with E-state index in [1.807, 2.05) is 0 Å². The number of hydrogen-bond donors (Lipinski definition) is 2. The Morgan fingerprint density at radius 2 is 1.56 bits per heavy atom. The van der Waals surface area contributed by atoms with Crippen molar-refractivity contribution in [2.45, 2.75) is 20.3 Å². The number of aliphatic hydroxyl groups excluding tert-OH is 2. The molecule has 0 spiro atoms. The maximum absolute atomic E-state index is 8.83. The van der Waals surface area contributed by atoms with Gasteiger partial charge in [0.15, 0.2) is 0 Å². The zero-order valence-corrected chi connectivity index (χ0v) is 6.02. The summed E-state index contributed by atoms with van der Waals surface area (Å²) in [6, 6.07) is 0. The van der Waals surface area contributed by atoms with Crippen LogP contribution in [0.15, 0.2) is 0 Å². The van der Waals surface area contributed by atoms with Crippen LogP contribution >= 0.6 is 0 Å². The van der Waals surface area contributed by atoms with Crippen LogP contribution in [0.1, 0.15) is 20.3 Å². The third-order valence-corrected chi connectivity index (χ3v) is 2.70. The molecule has 0 radical (unpaired) electrons. The van der Waals surface area contributed by atoms with Crippen LogP contribution in [0.4, 0.5) is 0 Å². The molecular weight excluding hydrogens is 116 g/mol. The van der Waals surface area contributed by atoms with E-state index in [1.165, 1.54) is 0 Å². The van der Waals surface area contributed by atoms with Crippen LogP contribution in [0.25, 0.3) is 0 Å². The molecule has 0 aliphatic heterocycles. The first kappa shape index (κ1) is 7.03. The molecule has 0 aromatic heterocycles. The third-order valence-electron chi connectivity index (χ3n) is 2.70. The molecule has 54 valence electrons. The Morgan fingerprint density at radius 1 is 1.22 bits per heavy atom. The second-order valence-electron chi connectivity index (χ2n) is 3.66. The number of rotatable bonds is 2. The van der Waals surface area contributed by atoms with Crippen molar-refractivity contribution in [2.75, 3.05) is 13.2 Å². The lowest BCUT2D eigenvalue weighted by molar-refractivity contribution is 0.107. The molecule has 0 heterocycles. The molecule has 9 heavy (non-hydrogen) atoms. The maximum Gasteiger partial charge on any atom is 0.0514 e. The van der Waals surface area contributed by atoms with Gasteiger partial charge in [0.1, 0.15) is 0 Å². The van der Waals surface area contributed by atoms with Gasteiger partial charge < -0.3 is 10.2 Å². The van der Waals surface area contributed by atoms with Crippen molar-refractivity contribution in [3.05, 3.63) is 0 Å². The zero-order valence-electron chi connectivity index (χ0n) is 6.02. The Morgan fingerprint density at radius 3 is 1.56 bits per heavy atom. The summed E-state index contributed by atoms with van der Waals surface area (Å²) in [5.74, 6) is 0. The highest BCUT2D eigenvalue weighted by Crippen LogP contribution is 2.62. The quantitative estimate of drug-likeness (QED) is 0.567. The van der Waals surface area contributed by atoms with Gasteiger partial charge in [0.05, 0.1) is 13.2 Å². The second kappa shape index (κ2) is 1.70. The molecule has 1 rings (SSSR count). The molecular formula is C7H14O2. The first-order chi connectivity index (χ1) is 4.08. The van der Waals surface area contributed by atoms with Crippen LogP contribution in [-0.2, 0) is 0 Å². The highest BCUT2D eigenvalue weighted by Gasteiger charge is 2.60. The molecule has 1 saturated carbocycles. The van der Waals surface area contributed by atoms with E-state index in [0.717, 1.165) is 6.42 Å². The highest BCUT2D eigenvalue weighted by atomic mass is 16.3. The standard InChI is InChI=1S/C7H14O2/c1-6(2)3-7(6,4-8)5-9/h8-9H,3-5H2,1-2H3. The Hall–Kier alpha value is -0.0800. The molecule has 2 heteroatoms. The van der Waals surface area contributed by atoms with Gasteiger partial charge >= 0.3 is 0 Å². The Balaban J connectivity index is 2.57. The van der Waals surface area contributed by atoms with Crippen LogP contribution in [0.5, 0.6) is 0 Å². The second-order valence-corrected chi connectivity index (χ2v) is 3.66. The van der Waals surface area contributed by atoms with Crippen LogP contribution in [-0.4, -0.2) is 23.4 Å². The van der Waals surface area contributed by atoms with E-state index in [-0.39, 0.29) is 24.0 Å². The van der Waals surface area contributed by atoms with Gasteiger partial charge in [-0.15, -0.1) is 0 Å². The average Bonchev–Trinajstić information content (AvgIpc) is 2.35. The Kier molecular flexibility index (Phi) is 1.33. The minimum atomic E-state index is -0.160. The third kappa shape index (κ3) is 0.775. The van der Waals surface area contributed by atoms with Crippen molar-refractivity contribution in [2.24, 2.45) is 10.8 Å². The van der Waals surface area contributed by atoms with Gasteiger partial charge in [-0.3, -0.25) is 0 Å². The lowest BCUT2D eigenvalue weighted by Gasteiger charge is -2.12. The summed E-state index contributed by atoms with van der Waals surface area (Å²) < 4.78 is 0. The summed E-state index contributed by atoms with van der Waals surface area (Å²) in [6.45, 7) is 4.38. The van der Waals surface area contributed by atoms with E-state index >= 15 is 0 Å². The fraction of sp³-hybridized carbons (Fsp3) is 1.00. The fourth-order valence-corrected chi connectivity index (χ4v) is 1.39. The SMILES string of the molecule is CC1(C)CC1(CO)CO. The molecule has 1 fully saturated rings. The highest BCUT2D eigenvalue weighted by molar-refractivity contribution is 5.08. The van der Waals surface area contributed by atoms with Crippen LogP contribution in [0.2, 0.25) is 0 Å². The summed E-state index contributed by atoms with van der Waals surface area (Å²) in [5, 5.41) is 17.7. The minimum Gasteiger partial charge on any atom is -0.396 e. The summed E-state index contributed by atoms with van der Waals surface area (Å²) in [6.07, 6.45) is 0.951. The topological polar surface area (TPSA) is 40.5 Å². The van der Waals surface area contributed by atoms with E-state index in [2.05, 4.69) is 13.8 Å². The van der Waals surface area contributed by atoms with Crippen LogP contribution in [0.3, 0.4) is 0 Å². The predicted octanol–water partition coefficient (Wildman–Crippen LogP) is 0.387. The molecule has 0 bridgehead atoms. The predicted molar refractivity (Wildman–Crippen MR) is 35.0 cm³/mol. The molecule has 1 aliphatic rings. The lowest BCUT2D eigenvalue weighted by Crippen LogP contribution is -2.18. The normalized spacial score (nSPS) is 28.0. The van der Waals surface area contributed by atoms with Crippen LogP contribution < -0.4 is 0 Å². The van der Waals surface area contributed by atoms with E-state index in [4.69, 9.17) is 10.2 Å². The van der Waals surface area contributed by atoms with Gasteiger partial charge in [-0.2, -0.15) is 0 Å². The van der Waals surface area contributed by atoms with Gasteiger partial charge in [-0.25, -0.2) is 0 Å². The molecule has 0 amide bonds. The molecule has 0 unspecified atom stereocenters. The van der Waals surface area contributed by atoms with Gasteiger partial charge in [-0.1, -0.05) is 13.8 Å². The summed E-state index contributed by atoms with van der Waals surface area (Å²) >= 11 is 0. The van der Waals surface area contributed by atoms with Gasteiger partial charge in [0.2, 0.25) is 0 Å². The summed E-state index contributed by atoms with van der Waals surface area (Å²) in [4.78, 5) is 0. The average molecular weight is 130 g/mol. The Bertz CT molecular complexity index is 114. The van der Waals surface area contributed by atoms with Crippen molar-refractivity contribution in [3.63, 3.8) is 0 Å². The van der Waals surface area contributed by atoms with E-state index < -0.39 is 0 Å². The van der Waals surface area contributed by atoms with Gasteiger partial charge in [-0.05, 0) is 11.8 Å². The van der Waals surface area contributed by atoms with Crippen molar-refractivity contribution in [1.82, 2.24) is 0 Å². The van der Waals surface area contributed by atoms with Crippen molar-refractivity contribution < 1.29 is 10.2 Å². The largest absolute Gasteiger partial charge is 0.396 e. The fourth-order valence-electron chi connectivity index (χ4n) is 1.39. The van der Waals surface area contributed by atoms with Crippen molar-refractivity contribution in [3.8, 4) is 0 Å². The first-order valence-corrected chi connectivity index (χ1v) is 3.30. The molecule has 0 aromatic carbocycles. The van der Waals surface area contributed by atoms with Gasteiger partial charge in [0, 0.05) is 5.41 Å². The molecule has 0 aromatic rings. The molecule has 2 nitrogen and oxygen atoms in total. The zero-order chi connectivity index (χ0) is 7.12. The maximum atomic E-state index is 8.83.